The lowest BCUT2D eigenvalue weighted by Gasteiger charge is -2.19. The van der Waals surface area contributed by atoms with Crippen LogP contribution < -0.4 is 11.1 Å². The highest BCUT2D eigenvalue weighted by atomic mass is 32.2. The molecule has 1 aliphatic heterocycles. The predicted molar refractivity (Wildman–Crippen MR) is 94.4 cm³/mol. The van der Waals surface area contributed by atoms with Crippen molar-refractivity contribution in [1.29, 1.82) is 0 Å². The Bertz CT molecular complexity index is 728. The molecule has 0 bridgehead atoms. The van der Waals surface area contributed by atoms with E-state index in [0.29, 0.717) is 18.1 Å². The van der Waals surface area contributed by atoms with Gasteiger partial charge in [0, 0.05) is 19.3 Å². The minimum Gasteiger partial charge on any atom is -0.351 e. The molecule has 1 saturated heterocycles. The third-order valence-electron chi connectivity index (χ3n) is 3.77. The number of nitrogens with two attached hydrogens (primary N) is 1. The number of nitrogens with zero attached hydrogens (tertiary/aromatic N) is 2. The Morgan fingerprint density at radius 3 is 2.40 bits per heavy atom. The lowest BCUT2D eigenvalue weighted by molar-refractivity contribution is -0.120. The van der Waals surface area contributed by atoms with Gasteiger partial charge in [0.1, 0.15) is 4.90 Å². The molecule has 1 aliphatic rings. The van der Waals surface area contributed by atoms with Gasteiger partial charge in [0.15, 0.2) is 0 Å². The predicted octanol–water partition coefficient (Wildman–Crippen LogP) is 1.18. The molecule has 0 spiro atoms. The van der Waals surface area contributed by atoms with Crippen LogP contribution in [0, 0.1) is 5.92 Å². The first-order valence-corrected chi connectivity index (χ1v) is 10.3. The molecule has 2 heterocycles. The van der Waals surface area contributed by atoms with E-state index in [1.165, 1.54) is 16.6 Å². The number of thioether (sulfide) groups is 1. The van der Waals surface area contributed by atoms with Gasteiger partial charge in [-0.2, -0.15) is 4.31 Å². The van der Waals surface area contributed by atoms with Crippen molar-refractivity contribution in [2.45, 2.75) is 41.9 Å². The highest BCUT2D eigenvalue weighted by Gasteiger charge is 2.28. The molecular formula is C15H22N4O4S2. The van der Waals surface area contributed by atoms with E-state index in [1.54, 1.807) is 6.07 Å². The first kappa shape index (κ1) is 19.7. The minimum absolute atomic E-state index is 0.0702. The molecular weight excluding hydrogens is 364 g/mol. The van der Waals surface area contributed by atoms with Crippen molar-refractivity contribution in [3.63, 3.8) is 0 Å². The number of hydrogen-bond acceptors (Lipinski definition) is 6. The topological polar surface area (TPSA) is 122 Å². The number of nitrogens with one attached hydrogen (secondary N) is 1. The number of aromatic nitrogens is 1. The number of sulfonamides is 1. The summed E-state index contributed by atoms with van der Waals surface area (Å²) in [4.78, 5) is 27.2. The molecule has 10 heteroatoms. The van der Waals surface area contributed by atoms with Crippen molar-refractivity contribution < 1.29 is 18.0 Å². The molecule has 0 aromatic carbocycles. The molecule has 1 fully saturated rings. The maximum Gasteiger partial charge on any atom is 0.318 e. The van der Waals surface area contributed by atoms with Gasteiger partial charge in [-0.1, -0.05) is 25.6 Å². The van der Waals surface area contributed by atoms with Crippen LogP contribution in [-0.2, 0) is 14.8 Å². The summed E-state index contributed by atoms with van der Waals surface area (Å²) in [6, 6.07) is 2.16. The number of hydrogen-bond donors (Lipinski definition) is 2. The fourth-order valence-corrected chi connectivity index (χ4v) is 4.90. The van der Waals surface area contributed by atoms with Crippen LogP contribution in [0.3, 0.4) is 0 Å². The van der Waals surface area contributed by atoms with Gasteiger partial charge in [-0.15, -0.1) is 0 Å². The molecule has 1 aromatic heterocycles. The number of carbonyl (C=O) groups excluding carboxylic acids is 2. The Morgan fingerprint density at radius 2 is 1.92 bits per heavy atom. The number of primary amides is 1. The van der Waals surface area contributed by atoms with Crippen LogP contribution in [0.2, 0.25) is 0 Å². The first-order valence-electron chi connectivity index (χ1n) is 7.95. The molecule has 1 atom stereocenters. The quantitative estimate of drug-likeness (QED) is 0.708. The van der Waals surface area contributed by atoms with Gasteiger partial charge in [-0.05, 0) is 30.9 Å². The van der Waals surface area contributed by atoms with Crippen LogP contribution in [0.4, 0.5) is 4.79 Å². The fourth-order valence-electron chi connectivity index (χ4n) is 2.48. The highest BCUT2D eigenvalue weighted by Crippen LogP contribution is 2.28. The number of rotatable bonds is 6. The van der Waals surface area contributed by atoms with Crippen molar-refractivity contribution in [3.05, 3.63) is 18.3 Å². The van der Waals surface area contributed by atoms with E-state index in [9.17, 15) is 18.0 Å². The van der Waals surface area contributed by atoms with Crippen LogP contribution in [0.25, 0.3) is 0 Å². The van der Waals surface area contributed by atoms with Crippen LogP contribution in [0.5, 0.6) is 0 Å². The number of imide groups is 1. The van der Waals surface area contributed by atoms with Crippen molar-refractivity contribution >= 4 is 33.7 Å². The van der Waals surface area contributed by atoms with Gasteiger partial charge in [-0.3, -0.25) is 10.1 Å². The van der Waals surface area contributed by atoms with E-state index in [4.69, 9.17) is 5.73 Å². The van der Waals surface area contributed by atoms with E-state index in [2.05, 4.69) is 10.3 Å². The van der Waals surface area contributed by atoms with Crippen molar-refractivity contribution in [2.24, 2.45) is 11.7 Å². The summed E-state index contributed by atoms with van der Waals surface area (Å²) in [6.45, 7) is 4.73. The fraction of sp³-hybridized carbons (Fsp3) is 0.533. The van der Waals surface area contributed by atoms with Crippen LogP contribution in [0.1, 0.15) is 26.7 Å². The summed E-state index contributed by atoms with van der Waals surface area (Å²) in [7, 11) is -3.51. The largest absolute Gasteiger partial charge is 0.351 e. The molecule has 2 rings (SSSR count). The molecule has 0 saturated carbocycles. The number of carbonyl (C=O) groups is 2. The molecule has 8 nitrogen and oxygen atoms in total. The SMILES string of the molecule is CC(C)C(Sc1ccc(S(=O)(=O)N2CCCC2)cn1)C(=O)NC(N)=O. The summed E-state index contributed by atoms with van der Waals surface area (Å²) in [5.41, 5.74) is 4.99. The smallest absolute Gasteiger partial charge is 0.318 e. The summed E-state index contributed by atoms with van der Waals surface area (Å²) < 4.78 is 26.4. The monoisotopic (exact) mass is 386 g/mol. The molecule has 1 unspecified atom stereocenters. The highest BCUT2D eigenvalue weighted by molar-refractivity contribution is 8.00. The van der Waals surface area contributed by atoms with E-state index in [1.807, 2.05) is 13.8 Å². The number of urea groups is 1. The van der Waals surface area contributed by atoms with Crippen LogP contribution in [-0.4, -0.2) is 48.0 Å². The molecule has 0 radical (unpaired) electrons. The Morgan fingerprint density at radius 1 is 1.28 bits per heavy atom. The normalized spacial score (nSPS) is 16.8. The summed E-state index contributed by atoms with van der Waals surface area (Å²) in [6.07, 6.45) is 3.04. The van der Waals surface area contributed by atoms with E-state index in [0.717, 1.165) is 24.6 Å². The average Bonchev–Trinajstić information content (AvgIpc) is 3.07. The lowest BCUT2D eigenvalue weighted by atomic mass is 10.1. The summed E-state index contributed by atoms with van der Waals surface area (Å²) >= 11 is 1.16. The molecule has 25 heavy (non-hydrogen) atoms. The van der Waals surface area contributed by atoms with E-state index in [-0.39, 0.29) is 10.8 Å². The third kappa shape index (κ3) is 4.93. The molecule has 138 valence electrons. The van der Waals surface area contributed by atoms with Crippen molar-refractivity contribution in [1.82, 2.24) is 14.6 Å². The molecule has 0 aliphatic carbocycles. The van der Waals surface area contributed by atoms with Gasteiger partial charge in [0.25, 0.3) is 0 Å². The first-order chi connectivity index (χ1) is 11.7. The maximum absolute atomic E-state index is 12.5. The second-order valence-corrected chi connectivity index (χ2v) is 9.18. The third-order valence-corrected chi connectivity index (χ3v) is 7.15. The zero-order valence-corrected chi connectivity index (χ0v) is 15.8. The van der Waals surface area contributed by atoms with Crippen LogP contribution >= 0.6 is 11.8 Å². The Balaban J connectivity index is 2.13. The van der Waals surface area contributed by atoms with Crippen molar-refractivity contribution in [2.75, 3.05) is 13.1 Å². The summed E-state index contributed by atoms with van der Waals surface area (Å²) in [5, 5.41) is 2.00. The lowest BCUT2D eigenvalue weighted by Crippen LogP contribution is -2.42. The molecule has 3 N–H and O–H groups in total. The Labute approximate surface area is 151 Å². The second kappa shape index (κ2) is 8.15. The van der Waals surface area contributed by atoms with Gasteiger partial charge in [0.05, 0.1) is 10.3 Å². The van der Waals surface area contributed by atoms with Gasteiger partial charge in [0.2, 0.25) is 15.9 Å². The molecule has 3 amide bonds. The van der Waals surface area contributed by atoms with E-state index < -0.39 is 27.2 Å². The standard InChI is InChI=1S/C15H22N4O4S2/c1-10(2)13(14(20)18-15(16)21)24-12-6-5-11(9-17-12)25(22,23)19-7-3-4-8-19/h5-6,9-10,13H,3-4,7-8H2,1-2H3,(H3,16,18,20,21). The van der Waals surface area contributed by atoms with E-state index >= 15 is 0 Å². The Hall–Kier alpha value is -1.65. The number of pyridine rings is 1. The second-order valence-electron chi connectivity index (χ2n) is 6.08. The zero-order chi connectivity index (χ0) is 18.6. The van der Waals surface area contributed by atoms with Gasteiger partial charge < -0.3 is 5.73 Å². The van der Waals surface area contributed by atoms with Gasteiger partial charge >= 0.3 is 6.03 Å². The summed E-state index contributed by atoms with van der Waals surface area (Å²) in [5.74, 6) is -0.567. The minimum atomic E-state index is -3.51. The van der Waals surface area contributed by atoms with Gasteiger partial charge in [-0.25, -0.2) is 18.2 Å². The molecule has 1 aromatic rings. The zero-order valence-electron chi connectivity index (χ0n) is 14.1. The maximum atomic E-state index is 12.5. The number of amides is 3. The van der Waals surface area contributed by atoms with Crippen LogP contribution in [0.15, 0.2) is 28.3 Å². The average molecular weight is 386 g/mol. The Kier molecular flexibility index (Phi) is 6.42. The van der Waals surface area contributed by atoms with Crippen molar-refractivity contribution in [3.8, 4) is 0 Å².